The second-order valence-electron chi connectivity index (χ2n) is 3.33. The van der Waals surface area contributed by atoms with Gasteiger partial charge in [0.05, 0.1) is 5.69 Å². The molecule has 0 aliphatic rings. The Labute approximate surface area is 103 Å². The number of carbonyl (C=O) groups excluding carboxylic acids is 1. The number of benzene rings is 1. The number of halogens is 2. The Morgan fingerprint density at radius 2 is 2.25 bits per heavy atom. The number of carbonyl (C=O) groups is 1. The van der Waals surface area contributed by atoms with Crippen LogP contribution in [0.2, 0.25) is 0 Å². The third-order valence-corrected chi connectivity index (χ3v) is 2.68. The van der Waals surface area contributed by atoms with E-state index in [1.54, 1.807) is 12.1 Å². The fraction of sp³-hybridized carbons (Fsp3) is 0.364. The monoisotopic (exact) mass is 288 g/mol. The maximum Gasteiger partial charge on any atom is 0.319 e. The number of hydrogen-bond acceptors (Lipinski definition) is 1. The lowest BCUT2D eigenvalue weighted by Gasteiger charge is -2.09. The van der Waals surface area contributed by atoms with Crippen molar-refractivity contribution in [1.82, 2.24) is 5.32 Å². The highest BCUT2D eigenvalue weighted by molar-refractivity contribution is 9.10. The van der Waals surface area contributed by atoms with Gasteiger partial charge in [-0.15, -0.1) is 0 Å². The molecule has 0 heterocycles. The number of para-hydroxylation sites is 1. The average molecular weight is 289 g/mol. The summed E-state index contributed by atoms with van der Waals surface area (Å²) in [6, 6.07) is 4.15. The van der Waals surface area contributed by atoms with Gasteiger partial charge < -0.3 is 10.6 Å². The molecule has 0 saturated carbocycles. The van der Waals surface area contributed by atoms with Crippen LogP contribution in [0, 0.1) is 5.82 Å². The molecule has 0 fully saturated rings. The predicted molar refractivity (Wildman–Crippen MR) is 66.0 cm³/mol. The van der Waals surface area contributed by atoms with E-state index < -0.39 is 5.82 Å². The molecule has 0 atom stereocenters. The summed E-state index contributed by atoms with van der Waals surface area (Å²) < 4.78 is 13.9. The molecule has 0 bridgehead atoms. The summed E-state index contributed by atoms with van der Waals surface area (Å²) in [5.74, 6) is -0.458. The summed E-state index contributed by atoms with van der Waals surface area (Å²) in [7, 11) is 0. The van der Waals surface area contributed by atoms with Crippen molar-refractivity contribution in [2.45, 2.75) is 19.8 Å². The minimum Gasteiger partial charge on any atom is -0.338 e. The molecule has 2 N–H and O–H groups in total. The lowest BCUT2D eigenvalue weighted by molar-refractivity contribution is 0.252. The minimum absolute atomic E-state index is 0.163. The van der Waals surface area contributed by atoms with E-state index >= 15 is 0 Å². The number of unbranched alkanes of at least 4 members (excludes halogenated alkanes) is 1. The molecular formula is C11H14BrFN2O. The third-order valence-electron chi connectivity index (χ3n) is 2.02. The first-order valence-electron chi connectivity index (χ1n) is 5.14. The smallest absolute Gasteiger partial charge is 0.319 e. The van der Waals surface area contributed by atoms with Crippen molar-refractivity contribution < 1.29 is 9.18 Å². The van der Waals surface area contributed by atoms with E-state index in [4.69, 9.17) is 0 Å². The Balaban J connectivity index is 2.56. The number of anilines is 1. The number of rotatable bonds is 4. The molecule has 2 amide bonds. The minimum atomic E-state index is -0.458. The largest absolute Gasteiger partial charge is 0.338 e. The van der Waals surface area contributed by atoms with E-state index in [2.05, 4.69) is 26.6 Å². The molecule has 0 aliphatic carbocycles. The third kappa shape index (κ3) is 3.81. The van der Waals surface area contributed by atoms with Crippen LogP contribution in [0.25, 0.3) is 0 Å². The lowest BCUT2D eigenvalue weighted by Crippen LogP contribution is -2.29. The van der Waals surface area contributed by atoms with Crippen molar-refractivity contribution in [2.75, 3.05) is 11.9 Å². The van der Waals surface area contributed by atoms with Crippen LogP contribution < -0.4 is 10.6 Å². The molecule has 1 rings (SSSR count). The first-order valence-corrected chi connectivity index (χ1v) is 5.93. The fourth-order valence-electron chi connectivity index (χ4n) is 1.15. The Bertz CT molecular complexity index is 351. The molecule has 0 radical (unpaired) electrons. The Morgan fingerprint density at radius 3 is 2.88 bits per heavy atom. The van der Waals surface area contributed by atoms with Crippen LogP contribution in [-0.2, 0) is 0 Å². The average Bonchev–Trinajstić information content (AvgIpc) is 2.24. The summed E-state index contributed by atoms with van der Waals surface area (Å²) in [5.41, 5.74) is 0.163. The zero-order chi connectivity index (χ0) is 12.0. The van der Waals surface area contributed by atoms with Gasteiger partial charge in [0.15, 0.2) is 0 Å². The lowest BCUT2D eigenvalue weighted by atomic mass is 10.3. The quantitative estimate of drug-likeness (QED) is 0.818. The van der Waals surface area contributed by atoms with Crippen LogP contribution in [-0.4, -0.2) is 12.6 Å². The van der Waals surface area contributed by atoms with Crippen LogP contribution in [0.15, 0.2) is 22.7 Å². The van der Waals surface area contributed by atoms with Crippen molar-refractivity contribution in [3.63, 3.8) is 0 Å². The number of amides is 2. The van der Waals surface area contributed by atoms with Gasteiger partial charge in [0.1, 0.15) is 5.82 Å². The molecule has 0 aromatic heterocycles. The summed E-state index contributed by atoms with van der Waals surface area (Å²) in [6.45, 7) is 2.63. The van der Waals surface area contributed by atoms with E-state index in [0.717, 1.165) is 12.8 Å². The van der Waals surface area contributed by atoms with E-state index in [0.29, 0.717) is 11.0 Å². The first-order chi connectivity index (χ1) is 7.65. The standard InChI is InChI=1S/C11H14BrFN2O/c1-2-3-7-14-11(16)15-10-8(12)5-4-6-9(10)13/h4-6H,2-3,7H2,1H3,(H2,14,15,16). The van der Waals surface area contributed by atoms with Gasteiger partial charge in [-0.3, -0.25) is 0 Å². The van der Waals surface area contributed by atoms with Crippen molar-refractivity contribution in [2.24, 2.45) is 0 Å². The summed E-state index contributed by atoms with van der Waals surface area (Å²) in [4.78, 5) is 11.4. The molecule has 0 spiro atoms. The molecule has 1 aromatic rings. The highest BCUT2D eigenvalue weighted by Gasteiger charge is 2.09. The van der Waals surface area contributed by atoms with Gasteiger partial charge in [0.25, 0.3) is 0 Å². The van der Waals surface area contributed by atoms with Crippen LogP contribution in [0.5, 0.6) is 0 Å². The second-order valence-corrected chi connectivity index (χ2v) is 4.19. The number of hydrogen-bond donors (Lipinski definition) is 2. The summed E-state index contributed by atoms with van der Waals surface area (Å²) >= 11 is 3.17. The number of nitrogens with one attached hydrogen (secondary N) is 2. The fourth-order valence-corrected chi connectivity index (χ4v) is 1.59. The van der Waals surface area contributed by atoms with Gasteiger partial charge in [-0.2, -0.15) is 0 Å². The van der Waals surface area contributed by atoms with Crippen LogP contribution in [0.1, 0.15) is 19.8 Å². The van der Waals surface area contributed by atoms with Crippen molar-refractivity contribution in [3.8, 4) is 0 Å². The van der Waals surface area contributed by atoms with Gasteiger partial charge in [0, 0.05) is 11.0 Å². The zero-order valence-corrected chi connectivity index (χ0v) is 10.6. The van der Waals surface area contributed by atoms with Crippen molar-refractivity contribution in [1.29, 1.82) is 0 Å². The Morgan fingerprint density at radius 1 is 1.50 bits per heavy atom. The molecule has 3 nitrogen and oxygen atoms in total. The summed E-state index contributed by atoms with van der Waals surface area (Å²) in [5, 5.41) is 5.11. The van der Waals surface area contributed by atoms with Gasteiger partial charge in [-0.1, -0.05) is 19.4 Å². The molecular weight excluding hydrogens is 275 g/mol. The topological polar surface area (TPSA) is 41.1 Å². The summed E-state index contributed by atoms with van der Waals surface area (Å²) in [6.07, 6.45) is 1.91. The molecule has 5 heteroatoms. The first kappa shape index (κ1) is 13.0. The number of urea groups is 1. The Kier molecular flexibility index (Phi) is 5.25. The van der Waals surface area contributed by atoms with Gasteiger partial charge >= 0.3 is 6.03 Å². The normalized spacial score (nSPS) is 9.94. The van der Waals surface area contributed by atoms with Crippen LogP contribution in [0.4, 0.5) is 14.9 Å². The SMILES string of the molecule is CCCCNC(=O)Nc1c(F)cccc1Br. The molecule has 0 saturated heterocycles. The van der Waals surface area contributed by atoms with Gasteiger partial charge in [-0.25, -0.2) is 9.18 Å². The molecule has 0 unspecified atom stereocenters. The molecule has 88 valence electrons. The van der Waals surface area contributed by atoms with Crippen LogP contribution >= 0.6 is 15.9 Å². The maximum absolute atomic E-state index is 13.3. The second kappa shape index (κ2) is 6.48. The van der Waals surface area contributed by atoms with Crippen LogP contribution in [0.3, 0.4) is 0 Å². The maximum atomic E-state index is 13.3. The highest BCUT2D eigenvalue weighted by Crippen LogP contribution is 2.24. The van der Waals surface area contributed by atoms with E-state index in [1.165, 1.54) is 6.07 Å². The molecule has 1 aromatic carbocycles. The van der Waals surface area contributed by atoms with Crippen molar-refractivity contribution >= 4 is 27.6 Å². The molecule has 16 heavy (non-hydrogen) atoms. The highest BCUT2D eigenvalue weighted by atomic mass is 79.9. The van der Waals surface area contributed by atoms with Gasteiger partial charge in [0.2, 0.25) is 0 Å². The Hall–Kier alpha value is -1.10. The van der Waals surface area contributed by atoms with Gasteiger partial charge in [-0.05, 0) is 34.5 Å². The molecule has 0 aliphatic heterocycles. The van der Waals surface area contributed by atoms with Crippen molar-refractivity contribution in [3.05, 3.63) is 28.5 Å². The van der Waals surface area contributed by atoms with E-state index in [1.807, 2.05) is 6.92 Å². The zero-order valence-electron chi connectivity index (χ0n) is 9.02. The van der Waals surface area contributed by atoms with E-state index in [9.17, 15) is 9.18 Å². The predicted octanol–water partition coefficient (Wildman–Crippen LogP) is 3.51. The van der Waals surface area contributed by atoms with E-state index in [-0.39, 0.29) is 11.7 Å².